The van der Waals surface area contributed by atoms with Crippen LogP contribution in [0.4, 0.5) is 5.69 Å². The quantitative estimate of drug-likeness (QED) is 0.603. The van der Waals surface area contributed by atoms with Crippen molar-refractivity contribution in [2.24, 2.45) is 0 Å². The van der Waals surface area contributed by atoms with E-state index in [0.29, 0.717) is 22.4 Å². The number of nitrogens with one attached hydrogen (secondary N) is 1. The monoisotopic (exact) mass is 407 g/mol. The predicted molar refractivity (Wildman–Crippen MR) is 113 cm³/mol. The van der Waals surface area contributed by atoms with Crippen molar-refractivity contribution in [1.29, 1.82) is 0 Å². The first kappa shape index (κ1) is 20.5. The Morgan fingerprint density at radius 2 is 1.38 bits per heavy atom. The number of hydrogen-bond acceptors (Lipinski definition) is 4. The summed E-state index contributed by atoms with van der Waals surface area (Å²) >= 11 is 0. The van der Waals surface area contributed by atoms with Gasteiger partial charge >= 0.3 is 0 Å². The summed E-state index contributed by atoms with van der Waals surface area (Å²) in [6.45, 7) is 1.59. The van der Waals surface area contributed by atoms with Crippen molar-refractivity contribution in [2.45, 2.75) is 18.2 Å². The molecule has 0 aliphatic heterocycles. The zero-order chi connectivity index (χ0) is 20.9. The molecule has 0 aromatic heterocycles. The molecule has 3 aromatic rings. The molecule has 0 saturated heterocycles. The van der Waals surface area contributed by atoms with Crippen LogP contribution in [0.5, 0.6) is 0 Å². The van der Waals surface area contributed by atoms with E-state index in [4.69, 9.17) is 0 Å². The SMILES string of the molecule is CCS(=O)(=O)c1ccc(CC(=O)Nc2ccc(C(=O)c3ccccc3)cc2)cc1. The molecule has 3 aromatic carbocycles. The molecular formula is C23H21NO4S. The highest BCUT2D eigenvalue weighted by Gasteiger charge is 2.12. The number of rotatable bonds is 7. The van der Waals surface area contributed by atoms with Crippen molar-refractivity contribution in [3.8, 4) is 0 Å². The molecule has 0 heterocycles. The Morgan fingerprint density at radius 3 is 1.97 bits per heavy atom. The van der Waals surface area contributed by atoms with Gasteiger partial charge in [-0.1, -0.05) is 49.4 Å². The maximum Gasteiger partial charge on any atom is 0.228 e. The van der Waals surface area contributed by atoms with Crippen LogP contribution in [0, 0.1) is 0 Å². The zero-order valence-electron chi connectivity index (χ0n) is 16.0. The topological polar surface area (TPSA) is 80.3 Å². The molecule has 0 bridgehead atoms. The highest BCUT2D eigenvalue weighted by Crippen LogP contribution is 2.16. The normalized spacial score (nSPS) is 11.1. The second kappa shape index (κ2) is 8.84. The van der Waals surface area contributed by atoms with E-state index in [1.54, 1.807) is 55.5 Å². The Balaban J connectivity index is 1.62. The van der Waals surface area contributed by atoms with Crippen LogP contribution in [0.1, 0.15) is 28.4 Å². The fraction of sp³-hybridized carbons (Fsp3) is 0.130. The predicted octanol–water partition coefficient (Wildman–Crippen LogP) is 3.89. The average molecular weight is 407 g/mol. The van der Waals surface area contributed by atoms with Gasteiger partial charge in [0.1, 0.15) is 0 Å². The standard InChI is InChI=1S/C23H21NO4S/c1-2-29(27,28)21-14-8-17(9-15-21)16-22(25)24-20-12-10-19(11-13-20)23(26)18-6-4-3-5-7-18/h3-15H,2,16H2,1H3,(H,24,25). The lowest BCUT2D eigenvalue weighted by Gasteiger charge is -2.07. The molecule has 0 aliphatic carbocycles. The van der Waals surface area contributed by atoms with Crippen LogP contribution in [0.15, 0.2) is 83.8 Å². The molecule has 1 N–H and O–H groups in total. The van der Waals surface area contributed by atoms with Crippen molar-refractivity contribution in [1.82, 2.24) is 0 Å². The lowest BCUT2D eigenvalue weighted by atomic mass is 10.0. The van der Waals surface area contributed by atoms with Gasteiger partial charge in [-0.2, -0.15) is 0 Å². The van der Waals surface area contributed by atoms with Gasteiger partial charge in [0.15, 0.2) is 15.6 Å². The first-order valence-electron chi connectivity index (χ1n) is 9.20. The van der Waals surface area contributed by atoms with Crippen LogP contribution in [-0.2, 0) is 21.1 Å². The van der Waals surface area contributed by atoms with Gasteiger partial charge in [-0.25, -0.2) is 8.42 Å². The van der Waals surface area contributed by atoms with E-state index in [-0.39, 0.29) is 28.8 Å². The summed E-state index contributed by atoms with van der Waals surface area (Å²) < 4.78 is 23.7. The lowest BCUT2D eigenvalue weighted by Crippen LogP contribution is -2.14. The zero-order valence-corrected chi connectivity index (χ0v) is 16.8. The summed E-state index contributed by atoms with van der Waals surface area (Å²) in [5.41, 5.74) is 2.46. The molecule has 29 heavy (non-hydrogen) atoms. The second-order valence-electron chi connectivity index (χ2n) is 6.54. The molecule has 0 unspecified atom stereocenters. The van der Waals surface area contributed by atoms with Gasteiger partial charge in [0, 0.05) is 16.8 Å². The van der Waals surface area contributed by atoms with Crippen LogP contribution in [-0.4, -0.2) is 25.9 Å². The Bertz CT molecular complexity index is 1100. The third-order valence-electron chi connectivity index (χ3n) is 4.49. The Labute approximate surface area is 170 Å². The molecule has 0 atom stereocenters. The molecule has 1 amide bonds. The van der Waals surface area contributed by atoms with Crippen LogP contribution < -0.4 is 5.32 Å². The third kappa shape index (κ3) is 5.18. The number of amides is 1. The minimum absolute atomic E-state index is 0.0373. The minimum Gasteiger partial charge on any atom is -0.326 e. The third-order valence-corrected chi connectivity index (χ3v) is 6.24. The molecule has 0 fully saturated rings. The Kier molecular flexibility index (Phi) is 6.24. The van der Waals surface area contributed by atoms with E-state index in [0.717, 1.165) is 0 Å². The first-order valence-corrected chi connectivity index (χ1v) is 10.9. The second-order valence-corrected chi connectivity index (χ2v) is 8.82. The summed E-state index contributed by atoms with van der Waals surface area (Å²) in [4.78, 5) is 24.9. The van der Waals surface area contributed by atoms with Gasteiger partial charge in [0.25, 0.3) is 0 Å². The van der Waals surface area contributed by atoms with Crippen molar-refractivity contribution >= 4 is 27.2 Å². The van der Waals surface area contributed by atoms with Crippen molar-refractivity contribution in [3.05, 3.63) is 95.6 Å². The van der Waals surface area contributed by atoms with Gasteiger partial charge in [-0.3, -0.25) is 9.59 Å². The molecule has 0 aliphatic rings. The van der Waals surface area contributed by atoms with E-state index in [1.165, 1.54) is 12.1 Å². The van der Waals surface area contributed by atoms with Crippen molar-refractivity contribution in [3.63, 3.8) is 0 Å². The minimum atomic E-state index is -3.25. The van der Waals surface area contributed by atoms with Crippen LogP contribution in [0.3, 0.4) is 0 Å². The first-order chi connectivity index (χ1) is 13.9. The van der Waals surface area contributed by atoms with Gasteiger partial charge in [0.2, 0.25) is 5.91 Å². The summed E-state index contributed by atoms with van der Waals surface area (Å²) in [6.07, 6.45) is 0.122. The Hall–Kier alpha value is -3.25. The van der Waals surface area contributed by atoms with E-state index in [2.05, 4.69) is 5.32 Å². The largest absolute Gasteiger partial charge is 0.326 e. The number of benzene rings is 3. The molecule has 6 heteroatoms. The van der Waals surface area contributed by atoms with Crippen LogP contribution >= 0.6 is 0 Å². The van der Waals surface area contributed by atoms with E-state index < -0.39 is 9.84 Å². The van der Waals surface area contributed by atoms with Gasteiger partial charge in [-0.05, 0) is 42.0 Å². The van der Waals surface area contributed by atoms with E-state index in [1.807, 2.05) is 18.2 Å². The summed E-state index contributed by atoms with van der Waals surface area (Å²) in [7, 11) is -3.25. The molecular weight excluding hydrogens is 386 g/mol. The van der Waals surface area contributed by atoms with Gasteiger partial charge in [0.05, 0.1) is 17.1 Å². The molecule has 0 spiro atoms. The summed E-state index contributed by atoms with van der Waals surface area (Å²) in [5, 5.41) is 2.78. The molecule has 5 nitrogen and oxygen atoms in total. The number of carbonyl (C=O) groups is 2. The number of sulfone groups is 1. The lowest BCUT2D eigenvalue weighted by molar-refractivity contribution is -0.115. The number of hydrogen-bond donors (Lipinski definition) is 1. The molecule has 0 radical (unpaired) electrons. The van der Waals surface area contributed by atoms with E-state index >= 15 is 0 Å². The maximum absolute atomic E-state index is 12.4. The number of carbonyl (C=O) groups excluding carboxylic acids is 2. The van der Waals surface area contributed by atoms with E-state index in [9.17, 15) is 18.0 Å². The molecule has 0 saturated carbocycles. The fourth-order valence-corrected chi connectivity index (χ4v) is 3.72. The van der Waals surface area contributed by atoms with Gasteiger partial charge in [-0.15, -0.1) is 0 Å². The Morgan fingerprint density at radius 1 is 0.793 bits per heavy atom. The highest BCUT2D eigenvalue weighted by molar-refractivity contribution is 7.91. The molecule has 3 rings (SSSR count). The van der Waals surface area contributed by atoms with Crippen molar-refractivity contribution in [2.75, 3.05) is 11.1 Å². The number of anilines is 1. The number of ketones is 1. The smallest absolute Gasteiger partial charge is 0.228 e. The summed E-state index contributed by atoms with van der Waals surface area (Å²) in [6, 6.07) is 22.0. The van der Waals surface area contributed by atoms with Crippen LogP contribution in [0.2, 0.25) is 0 Å². The summed E-state index contributed by atoms with van der Waals surface area (Å²) in [5.74, 6) is -0.265. The fourth-order valence-electron chi connectivity index (χ4n) is 2.83. The maximum atomic E-state index is 12.4. The highest BCUT2D eigenvalue weighted by atomic mass is 32.2. The van der Waals surface area contributed by atoms with Gasteiger partial charge < -0.3 is 5.32 Å². The van der Waals surface area contributed by atoms with Crippen molar-refractivity contribution < 1.29 is 18.0 Å². The van der Waals surface area contributed by atoms with Crippen LogP contribution in [0.25, 0.3) is 0 Å². The molecule has 148 valence electrons. The average Bonchev–Trinajstić information content (AvgIpc) is 2.75.